The molecular weight excluding hydrogens is 741 g/mol. The lowest BCUT2D eigenvalue weighted by Gasteiger charge is -2.39. The zero-order chi connectivity index (χ0) is 40.3. The van der Waals surface area contributed by atoms with Crippen molar-refractivity contribution in [1.82, 2.24) is 24.8 Å². The van der Waals surface area contributed by atoms with Crippen LogP contribution in [0.25, 0.3) is 10.8 Å². The van der Waals surface area contributed by atoms with E-state index in [1.165, 1.54) is 9.80 Å². The van der Waals surface area contributed by atoms with Gasteiger partial charge in [-0.25, -0.2) is 18.2 Å². The summed E-state index contributed by atoms with van der Waals surface area (Å²) in [6.45, 7) is 10.3. The molecule has 1 aromatic carbocycles. The molecule has 304 valence electrons. The maximum absolute atomic E-state index is 15.1. The number of anilines is 1. The van der Waals surface area contributed by atoms with Gasteiger partial charge in [-0.2, -0.15) is 0 Å². The highest BCUT2D eigenvalue weighted by atomic mass is 32.2. The number of carboxylic acid groups (broad SMARTS) is 1. The van der Waals surface area contributed by atoms with Gasteiger partial charge in [-0.05, 0) is 89.3 Å². The van der Waals surface area contributed by atoms with Crippen LogP contribution in [-0.4, -0.2) is 113 Å². The van der Waals surface area contributed by atoms with Crippen LogP contribution in [0.1, 0.15) is 79.6 Å². The number of rotatable bonds is 7. The van der Waals surface area contributed by atoms with E-state index in [1.807, 2.05) is 44.3 Å². The van der Waals surface area contributed by atoms with Gasteiger partial charge >= 0.3 is 6.09 Å². The predicted molar refractivity (Wildman–Crippen MR) is 209 cm³/mol. The van der Waals surface area contributed by atoms with Gasteiger partial charge in [0.15, 0.2) is 5.75 Å². The van der Waals surface area contributed by atoms with Gasteiger partial charge in [-0.1, -0.05) is 26.0 Å². The minimum absolute atomic E-state index is 0.0162. The van der Waals surface area contributed by atoms with E-state index in [0.717, 1.165) is 24.0 Å². The molecule has 7 rings (SSSR count). The van der Waals surface area contributed by atoms with Gasteiger partial charge < -0.3 is 29.7 Å². The van der Waals surface area contributed by atoms with Crippen LogP contribution in [0.5, 0.6) is 11.6 Å². The quantitative estimate of drug-likeness (QED) is 0.343. The molecule has 5 aliphatic rings. The number of hydrogen-bond donors (Lipinski definition) is 3. The third-order valence-corrected chi connectivity index (χ3v) is 14.0. The summed E-state index contributed by atoms with van der Waals surface area (Å²) < 4.78 is 40.9. The summed E-state index contributed by atoms with van der Waals surface area (Å²) in [7, 11) is -1.93. The Labute approximate surface area is 328 Å². The van der Waals surface area contributed by atoms with Crippen LogP contribution < -0.4 is 24.4 Å². The van der Waals surface area contributed by atoms with E-state index in [9.17, 15) is 27.9 Å². The Bertz CT molecular complexity index is 2060. The van der Waals surface area contributed by atoms with E-state index >= 15 is 4.79 Å². The molecule has 3 N–H and O–H groups in total. The number of allylic oxidation sites excluding steroid dienone is 1. The maximum atomic E-state index is 15.1. The van der Waals surface area contributed by atoms with Crippen molar-refractivity contribution in [1.29, 1.82) is 0 Å². The molecule has 0 radical (unpaired) electrons. The Hall–Kier alpha value is -4.60. The van der Waals surface area contributed by atoms with E-state index in [4.69, 9.17) is 9.47 Å². The van der Waals surface area contributed by atoms with Crippen LogP contribution in [0.3, 0.4) is 0 Å². The second-order valence-electron chi connectivity index (χ2n) is 17.1. The summed E-state index contributed by atoms with van der Waals surface area (Å²) in [4.78, 5) is 65.7. The Balaban J connectivity index is 1.28. The second kappa shape index (κ2) is 14.7. The SMILES string of the molecule is CC(C)N(C(=O)O)[C@@H]1C(=O)N2C[C@](C)(Oc3nccc4c5c(ccc34)N(C)CCO5)C[C@H]2C(=O)N[C@]2(C(=O)NS(=O)(=O)C3CC3)C[C@H]2/C=C\CC[C@H](C)C[C@H]1C. The Morgan fingerprint density at radius 1 is 1.12 bits per heavy atom. The molecule has 0 bridgehead atoms. The molecule has 1 aromatic heterocycles. The van der Waals surface area contributed by atoms with Crippen molar-refractivity contribution in [2.75, 3.05) is 31.6 Å². The number of likely N-dealkylation sites (N-methyl/N-ethyl adjacent to an activating group) is 1. The highest BCUT2D eigenvalue weighted by Gasteiger charge is 2.63. The summed E-state index contributed by atoms with van der Waals surface area (Å²) in [6.07, 6.45) is 7.23. The minimum Gasteiger partial charge on any atom is -0.489 e. The number of hydrogen-bond acceptors (Lipinski definition) is 10. The van der Waals surface area contributed by atoms with E-state index in [0.29, 0.717) is 43.4 Å². The van der Waals surface area contributed by atoms with Gasteiger partial charge in [-0.15, -0.1) is 0 Å². The lowest BCUT2D eigenvalue weighted by atomic mass is 9.86. The summed E-state index contributed by atoms with van der Waals surface area (Å²) >= 11 is 0. The fourth-order valence-electron chi connectivity index (χ4n) is 8.91. The first kappa shape index (κ1) is 39.6. The van der Waals surface area contributed by atoms with Crippen molar-refractivity contribution >= 4 is 50.3 Å². The Morgan fingerprint density at radius 2 is 1.88 bits per heavy atom. The molecule has 16 heteroatoms. The average Bonchev–Trinajstić information content (AvgIpc) is 4.06. The van der Waals surface area contributed by atoms with Crippen molar-refractivity contribution in [2.45, 2.75) is 114 Å². The monoisotopic (exact) mass is 794 g/mol. The fraction of sp³-hybridized carbons (Fsp3) is 0.625. The first-order valence-electron chi connectivity index (χ1n) is 19.8. The third-order valence-electron chi connectivity index (χ3n) is 12.2. The third kappa shape index (κ3) is 7.48. The highest BCUT2D eigenvalue weighted by molar-refractivity contribution is 7.91. The summed E-state index contributed by atoms with van der Waals surface area (Å²) in [5.41, 5.74) is -1.81. The molecule has 15 nitrogen and oxygen atoms in total. The number of carbonyl (C=O) groups excluding carboxylic acids is 3. The number of pyridine rings is 1. The van der Waals surface area contributed by atoms with Crippen molar-refractivity contribution in [3.05, 3.63) is 36.5 Å². The fourth-order valence-corrected chi connectivity index (χ4v) is 10.3. The van der Waals surface area contributed by atoms with Crippen molar-refractivity contribution in [2.24, 2.45) is 17.8 Å². The van der Waals surface area contributed by atoms with Crippen molar-refractivity contribution in [3.63, 3.8) is 0 Å². The van der Waals surface area contributed by atoms with E-state index < -0.39 is 80.2 Å². The number of benzene rings is 1. The topological polar surface area (TPSA) is 188 Å². The molecule has 3 fully saturated rings. The van der Waals surface area contributed by atoms with Gasteiger partial charge in [0.25, 0.3) is 5.91 Å². The molecule has 2 aliphatic carbocycles. The van der Waals surface area contributed by atoms with Crippen LogP contribution in [0, 0.1) is 17.8 Å². The normalized spacial score (nSPS) is 31.5. The molecule has 4 amide bonds. The number of carbonyl (C=O) groups is 4. The molecular formula is C40H54N6O9S. The number of nitrogens with one attached hydrogen (secondary N) is 2. The second-order valence-corrected chi connectivity index (χ2v) is 19.1. The number of fused-ring (bicyclic) bond motifs is 5. The van der Waals surface area contributed by atoms with E-state index in [1.54, 1.807) is 27.0 Å². The zero-order valence-electron chi connectivity index (χ0n) is 33.0. The molecule has 56 heavy (non-hydrogen) atoms. The van der Waals surface area contributed by atoms with Crippen molar-refractivity contribution < 1.29 is 42.2 Å². The summed E-state index contributed by atoms with van der Waals surface area (Å²) in [5, 5.41) is 14.2. The van der Waals surface area contributed by atoms with Crippen LogP contribution in [0.15, 0.2) is 36.5 Å². The van der Waals surface area contributed by atoms with Gasteiger partial charge in [0.1, 0.15) is 29.8 Å². The number of amides is 4. The largest absolute Gasteiger partial charge is 0.489 e. The highest BCUT2D eigenvalue weighted by Crippen LogP contribution is 2.47. The number of aromatic nitrogens is 1. The van der Waals surface area contributed by atoms with E-state index in [-0.39, 0.29) is 31.2 Å². The first-order chi connectivity index (χ1) is 26.4. The maximum Gasteiger partial charge on any atom is 0.408 e. The van der Waals surface area contributed by atoms with Crippen LogP contribution >= 0.6 is 0 Å². The summed E-state index contributed by atoms with van der Waals surface area (Å²) in [5.74, 6) is -1.78. The molecule has 2 aromatic rings. The molecule has 1 saturated heterocycles. The lowest BCUT2D eigenvalue weighted by Crippen LogP contribution is -2.60. The van der Waals surface area contributed by atoms with Gasteiger partial charge in [0.2, 0.25) is 27.7 Å². The Kier molecular flexibility index (Phi) is 10.4. The summed E-state index contributed by atoms with van der Waals surface area (Å²) in [6, 6.07) is 2.83. The minimum atomic E-state index is -3.92. The van der Waals surface area contributed by atoms with Crippen molar-refractivity contribution in [3.8, 4) is 11.6 Å². The Morgan fingerprint density at radius 3 is 2.57 bits per heavy atom. The van der Waals surface area contributed by atoms with Gasteiger partial charge in [0.05, 0.1) is 24.0 Å². The predicted octanol–water partition coefficient (Wildman–Crippen LogP) is 4.05. The molecule has 0 unspecified atom stereocenters. The number of nitrogens with zero attached hydrogens (tertiary/aromatic N) is 4. The average molecular weight is 795 g/mol. The molecule has 3 aliphatic heterocycles. The number of ether oxygens (including phenoxy) is 2. The molecule has 2 saturated carbocycles. The van der Waals surface area contributed by atoms with Crippen LogP contribution in [-0.2, 0) is 24.4 Å². The van der Waals surface area contributed by atoms with Gasteiger partial charge in [0, 0.05) is 42.4 Å². The smallest absolute Gasteiger partial charge is 0.408 e. The van der Waals surface area contributed by atoms with Gasteiger partial charge in [-0.3, -0.25) is 24.0 Å². The number of sulfonamides is 1. The molecule has 7 atom stereocenters. The van der Waals surface area contributed by atoms with Crippen LogP contribution in [0.4, 0.5) is 10.5 Å². The molecule has 0 spiro atoms. The lowest BCUT2D eigenvalue weighted by molar-refractivity contribution is -0.145. The zero-order valence-corrected chi connectivity index (χ0v) is 33.8. The van der Waals surface area contributed by atoms with E-state index in [2.05, 4.69) is 26.8 Å². The first-order valence-corrected chi connectivity index (χ1v) is 21.3. The molecule has 4 heterocycles. The standard InChI is InChI=1S/C40H54N6O9S/c1-23(2)46(38(50)51)32-25(4)19-24(3)9-7-8-10-26-20-40(26,37(49)43-56(52,53)27-11-12-27)42-34(47)31-21-39(5,22-45(31)36(32)48)55-35-29-13-14-30-33(28(29)15-16-41-35)54-18-17-44(30)6/h8,10,13-16,23-27,31-32H,7,9,11-12,17-22H2,1-6H3,(H,42,47)(H,43,49)(H,50,51)/b10-8-/t24-,25+,26+,31-,32-,39+,40+/m0/s1. The van der Waals surface area contributed by atoms with Crippen LogP contribution in [0.2, 0.25) is 0 Å².